The van der Waals surface area contributed by atoms with Crippen LogP contribution in [-0.4, -0.2) is 132 Å². The number of hydrogen-bond donors (Lipinski definition) is 9. The van der Waals surface area contributed by atoms with Gasteiger partial charge < -0.3 is 25.8 Å². The number of benzene rings is 5. The predicted molar refractivity (Wildman–Crippen MR) is 353 cm³/mol. The minimum absolute atomic E-state index is 0.0111. The second kappa shape index (κ2) is 31.0. The van der Waals surface area contributed by atoms with Gasteiger partial charge in [0, 0.05) is 42.2 Å². The molecular formula is C54H52ClN15O20S7. The van der Waals surface area contributed by atoms with E-state index in [2.05, 4.69) is 61.8 Å². The SMILES string of the molecule is CC(=O)Nc1cc(N=Nc2cc(SCCCS(=O)(=O)O)c(N=Nc3cc(OCCCS(=O)(=O)O)c(N=Nc4c(C)c(C#N)c5nc6ccc(S(=O)(=O)O)c(C)c6n5c4O)cc3NC(C)=O)cc2NC(C)=O)c(SCCCS(=O)(=O)O)cc1N=Nc1cc(S(=O)(=O)O)c(Cl)cc1C#N. The van der Waals surface area contributed by atoms with Crippen LogP contribution in [-0.2, 0) is 65.0 Å². The molecule has 0 saturated heterocycles. The molecule has 0 aliphatic carbocycles. The average molecular weight is 1490 g/mol. The highest BCUT2D eigenvalue weighted by molar-refractivity contribution is 7.99. The summed E-state index contributed by atoms with van der Waals surface area (Å²) in [6, 6.07) is 15.2. The van der Waals surface area contributed by atoms with Crippen LogP contribution >= 0.6 is 35.1 Å². The van der Waals surface area contributed by atoms with Gasteiger partial charge in [-0.25, -0.2) is 4.98 Å². The quantitative estimate of drug-likeness (QED) is 0.00952. The summed E-state index contributed by atoms with van der Waals surface area (Å²) in [6.07, 6.45) is -0.619. The number of thioether (sulfide) groups is 2. The molecule has 0 bridgehead atoms. The third-order valence-corrected chi connectivity index (χ3v) is 19.9. The van der Waals surface area contributed by atoms with E-state index in [-0.39, 0.29) is 142 Å². The van der Waals surface area contributed by atoms with Crippen LogP contribution in [0.3, 0.4) is 0 Å². The molecule has 0 aliphatic heterocycles. The molecule has 7 rings (SSSR count). The van der Waals surface area contributed by atoms with Crippen molar-refractivity contribution in [2.24, 2.45) is 40.9 Å². The first-order chi connectivity index (χ1) is 45.2. The number of rotatable bonds is 28. The fourth-order valence-electron chi connectivity index (χ4n) is 8.76. The van der Waals surface area contributed by atoms with Crippen molar-refractivity contribution in [2.45, 2.75) is 73.5 Å². The Morgan fingerprint density at radius 1 is 0.567 bits per heavy atom. The van der Waals surface area contributed by atoms with E-state index in [0.29, 0.717) is 0 Å². The fraction of sp³-hybridized carbons (Fsp3) is 0.259. The number of fused-ring (bicyclic) bond motifs is 3. The van der Waals surface area contributed by atoms with Gasteiger partial charge in [0.25, 0.3) is 50.6 Å². The van der Waals surface area contributed by atoms with Crippen LogP contribution in [0.4, 0.5) is 62.6 Å². The highest BCUT2D eigenvalue weighted by Gasteiger charge is 2.27. The number of amides is 3. The molecule has 0 atom stereocenters. The van der Waals surface area contributed by atoms with Crippen LogP contribution in [0, 0.1) is 36.5 Å². The molecular weight excluding hydrogens is 1440 g/mol. The average Bonchev–Trinajstić information content (AvgIpc) is 1.59. The predicted octanol–water partition coefficient (Wildman–Crippen LogP) is 11.6. The molecule has 9 N–H and O–H groups in total. The van der Waals surface area contributed by atoms with Crippen molar-refractivity contribution in [3.05, 3.63) is 87.9 Å². The summed E-state index contributed by atoms with van der Waals surface area (Å²) in [6.45, 7) is 5.64. The van der Waals surface area contributed by atoms with E-state index in [0.717, 1.165) is 73.0 Å². The molecule has 0 radical (unpaired) electrons. The second-order valence-electron chi connectivity index (χ2n) is 20.3. The Labute approximate surface area is 565 Å². The molecule has 43 heteroatoms. The summed E-state index contributed by atoms with van der Waals surface area (Å²) in [7, 11) is -23.2. The zero-order valence-corrected chi connectivity index (χ0v) is 57.1. The number of carbonyl (C=O) groups is 3. The molecule has 512 valence electrons. The molecule has 5 aromatic carbocycles. The minimum atomic E-state index is -4.95. The summed E-state index contributed by atoms with van der Waals surface area (Å²) in [4.78, 5) is 41.8. The van der Waals surface area contributed by atoms with Gasteiger partial charge in [0.1, 0.15) is 68.2 Å². The lowest BCUT2D eigenvalue weighted by Crippen LogP contribution is -2.09. The molecule has 0 unspecified atom stereocenters. The normalized spacial score (nSPS) is 12.5. The largest absolute Gasteiger partial charge is 0.493 e. The molecule has 0 saturated carbocycles. The molecule has 7 aromatic rings. The lowest BCUT2D eigenvalue weighted by molar-refractivity contribution is -0.115. The first kappa shape index (κ1) is 75.4. The Morgan fingerprint density at radius 3 is 1.46 bits per heavy atom. The van der Waals surface area contributed by atoms with Gasteiger partial charge >= 0.3 is 0 Å². The van der Waals surface area contributed by atoms with Gasteiger partial charge in [-0.1, -0.05) is 11.6 Å². The van der Waals surface area contributed by atoms with Crippen molar-refractivity contribution in [1.29, 1.82) is 10.5 Å². The fourth-order valence-corrected chi connectivity index (χ4v) is 14.3. The van der Waals surface area contributed by atoms with Gasteiger partial charge in [-0.15, -0.1) is 64.4 Å². The number of aryl methyl sites for hydroxylation is 1. The third kappa shape index (κ3) is 20.3. The van der Waals surface area contributed by atoms with Gasteiger partial charge in [-0.2, -0.15) is 52.6 Å². The molecule has 2 heterocycles. The van der Waals surface area contributed by atoms with Crippen molar-refractivity contribution in [3.63, 3.8) is 0 Å². The molecule has 0 spiro atoms. The van der Waals surface area contributed by atoms with Gasteiger partial charge in [0.05, 0.1) is 67.4 Å². The lowest BCUT2D eigenvalue weighted by Gasteiger charge is -2.14. The molecule has 35 nitrogen and oxygen atoms in total. The number of ether oxygens (including phenoxy) is 1. The topological polar surface area (TPSA) is 552 Å². The number of nitriles is 2. The maximum atomic E-state index is 12.9. The second-order valence-corrected chi connectivity index (χ2v) is 30.5. The number of halogens is 1. The van der Waals surface area contributed by atoms with Gasteiger partial charge in [-0.05, 0) is 105 Å². The van der Waals surface area contributed by atoms with Crippen LogP contribution in [0.15, 0.2) is 121 Å². The summed E-state index contributed by atoms with van der Waals surface area (Å²) in [5, 5.41) is 73.5. The van der Waals surface area contributed by atoms with E-state index in [4.69, 9.17) is 16.3 Å². The van der Waals surface area contributed by atoms with Crippen molar-refractivity contribution in [2.75, 3.05) is 51.3 Å². The standard InChI is InChI=1S/C54H52ClN15O20S7/c1-27-33(26-57)53-61-35-9-10-49(96(84,85)86)28(2)52(35)70(53)54(74)51(27)69-66-43-18-37(58-29(3)71)40(21-46(43)90-11-6-14-93(75,76)77)63-67-44-20-39(60-31(5)73)42(23-48(44)92-13-8-16-95(81,82)83)65-68-45-19-38(59-30(4)72)41(22-47(45)91-12-7-15-94(78,79)80)64-62-36-24-50(97(87,88)89)34(55)17-32(36)25-56/h9-10,17-24,74H,6-8,11-16H2,1-5H3,(H,58,71)(H,59,72)(H,60,73)(H,75,76,77)(H,78,79,80)(H,81,82,83)(H,84,85,86)(H,87,88,89). The number of anilines is 3. The number of azo groups is 4. The maximum Gasteiger partial charge on any atom is 0.296 e. The van der Waals surface area contributed by atoms with Crippen LogP contribution in [0.5, 0.6) is 11.6 Å². The summed E-state index contributed by atoms with van der Waals surface area (Å²) in [5.41, 5.74) is -2.78. The first-order valence-electron chi connectivity index (χ1n) is 27.3. The van der Waals surface area contributed by atoms with Gasteiger partial charge in [0.2, 0.25) is 23.6 Å². The van der Waals surface area contributed by atoms with Crippen molar-refractivity contribution < 1.29 is 89.1 Å². The Balaban J connectivity index is 1.40. The number of aromatic nitrogens is 2. The molecule has 0 fully saturated rings. The Kier molecular flexibility index (Phi) is 24.1. The van der Waals surface area contributed by atoms with Crippen molar-refractivity contribution in [1.82, 2.24) is 9.38 Å². The van der Waals surface area contributed by atoms with E-state index in [1.807, 2.05) is 6.07 Å². The maximum absolute atomic E-state index is 12.9. The summed E-state index contributed by atoms with van der Waals surface area (Å²) < 4.78 is 174. The zero-order chi connectivity index (χ0) is 71.7. The highest BCUT2D eigenvalue weighted by atomic mass is 35.5. The Morgan fingerprint density at radius 2 is 1.01 bits per heavy atom. The summed E-state index contributed by atoms with van der Waals surface area (Å²) >= 11 is 7.88. The van der Waals surface area contributed by atoms with Crippen LogP contribution in [0.1, 0.15) is 62.3 Å². The number of nitrogens with zero attached hydrogens (tertiary/aromatic N) is 12. The van der Waals surface area contributed by atoms with Crippen LogP contribution in [0.2, 0.25) is 5.02 Å². The lowest BCUT2D eigenvalue weighted by atomic mass is 10.1. The summed E-state index contributed by atoms with van der Waals surface area (Å²) in [5.74, 6) is -5.29. The van der Waals surface area contributed by atoms with Crippen LogP contribution in [0.25, 0.3) is 16.7 Å². The zero-order valence-electron chi connectivity index (χ0n) is 50.6. The van der Waals surface area contributed by atoms with E-state index in [1.54, 1.807) is 6.07 Å². The molecule has 97 heavy (non-hydrogen) atoms. The number of carbonyl (C=O) groups excluding carboxylic acids is 3. The van der Waals surface area contributed by atoms with Crippen molar-refractivity contribution in [3.8, 4) is 23.8 Å². The van der Waals surface area contributed by atoms with Crippen LogP contribution < -0.4 is 20.7 Å². The molecule has 0 aliphatic rings. The monoisotopic (exact) mass is 1490 g/mol. The molecule has 3 amide bonds. The minimum Gasteiger partial charge on any atom is -0.493 e. The van der Waals surface area contributed by atoms with E-state index in [1.165, 1.54) is 50.2 Å². The third-order valence-electron chi connectivity index (χ3n) is 12.9. The molecule has 2 aromatic heterocycles. The van der Waals surface area contributed by atoms with Crippen molar-refractivity contribution >= 4 is 183 Å². The van der Waals surface area contributed by atoms with Gasteiger partial charge in [-0.3, -0.25) is 41.5 Å². The van der Waals surface area contributed by atoms with E-state index in [9.17, 15) is 94.9 Å². The first-order valence-corrected chi connectivity index (χ1v) is 37.3. The number of pyridine rings is 1. The Bertz CT molecular complexity index is 5210. The number of hydrogen-bond acceptors (Lipinski definition) is 28. The van der Waals surface area contributed by atoms with E-state index >= 15 is 0 Å². The van der Waals surface area contributed by atoms with Gasteiger partial charge in [0.15, 0.2) is 11.3 Å². The smallest absolute Gasteiger partial charge is 0.296 e. The van der Waals surface area contributed by atoms with E-state index < -0.39 is 119 Å². The Hall–Kier alpha value is -9.02. The number of aromatic hydroxyl groups is 1. The number of imidazole rings is 1. The highest BCUT2D eigenvalue weighted by Crippen LogP contribution is 2.47. The number of nitrogens with one attached hydrogen (secondary N) is 3.